The van der Waals surface area contributed by atoms with Crippen LogP contribution in [0.4, 0.5) is 0 Å². The van der Waals surface area contributed by atoms with E-state index in [0.717, 1.165) is 24.0 Å². The molecule has 1 saturated carbocycles. The lowest BCUT2D eigenvalue weighted by Gasteiger charge is -2.09. The van der Waals surface area contributed by atoms with Gasteiger partial charge in [0.05, 0.1) is 0 Å². The summed E-state index contributed by atoms with van der Waals surface area (Å²) in [4.78, 5) is 0. The molecule has 2 aliphatic rings. The second kappa shape index (κ2) is 10.3. The summed E-state index contributed by atoms with van der Waals surface area (Å²) in [6, 6.07) is 8.50. The van der Waals surface area contributed by atoms with Crippen molar-refractivity contribution < 1.29 is 4.74 Å². The maximum Gasteiger partial charge on any atom is 0.119 e. The van der Waals surface area contributed by atoms with Crippen molar-refractivity contribution in [3.8, 4) is 5.75 Å². The highest BCUT2D eigenvalue weighted by molar-refractivity contribution is 5.33. The molecule has 0 amide bonds. The molecule has 2 aliphatic carbocycles. The maximum absolute atomic E-state index is 5.83. The van der Waals surface area contributed by atoms with Crippen LogP contribution in [0.25, 0.3) is 0 Å². The molecule has 0 aliphatic heterocycles. The van der Waals surface area contributed by atoms with Crippen LogP contribution in [0.2, 0.25) is 0 Å². The normalized spacial score (nSPS) is 20.5. The van der Waals surface area contributed by atoms with Gasteiger partial charge in [0.15, 0.2) is 0 Å². The number of fused-ring (bicyclic) bond motifs is 1. The second-order valence-corrected chi connectivity index (χ2v) is 5.35. The van der Waals surface area contributed by atoms with Gasteiger partial charge in [0.25, 0.3) is 0 Å². The van der Waals surface area contributed by atoms with E-state index in [1.165, 1.54) is 24.0 Å². The van der Waals surface area contributed by atoms with Gasteiger partial charge in [0.2, 0.25) is 0 Å². The van der Waals surface area contributed by atoms with E-state index in [0.29, 0.717) is 6.61 Å². The summed E-state index contributed by atoms with van der Waals surface area (Å²) in [5.41, 5.74) is 2.72. The monoisotopic (exact) mass is 300 g/mol. The molecule has 1 aromatic carbocycles. The third-order valence-corrected chi connectivity index (χ3v) is 3.74. The van der Waals surface area contributed by atoms with Gasteiger partial charge in [-0.1, -0.05) is 71.4 Å². The van der Waals surface area contributed by atoms with Crippen LogP contribution in [-0.2, 0) is 6.42 Å². The molecule has 1 fully saturated rings. The van der Waals surface area contributed by atoms with Crippen LogP contribution in [0.1, 0.15) is 53.0 Å². The molecule has 0 aromatic heterocycles. The van der Waals surface area contributed by atoms with E-state index in [-0.39, 0.29) is 0 Å². The number of hydrogen-bond acceptors (Lipinski definition) is 1. The molecule has 0 saturated heterocycles. The molecule has 0 N–H and O–H groups in total. The van der Waals surface area contributed by atoms with Crippen molar-refractivity contribution in [1.82, 2.24) is 0 Å². The molecule has 0 heterocycles. The Morgan fingerprint density at radius 2 is 1.68 bits per heavy atom. The van der Waals surface area contributed by atoms with Crippen molar-refractivity contribution in [2.75, 3.05) is 6.61 Å². The highest BCUT2D eigenvalue weighted by Crippen LogP contribution is 2.44. The zero-order valence-electron chi connectivity index (χ0n) is 14.9. The topological polar surface area (TPSA) is 9.23 Å². The van der Waals surface area contributed by atoms with Crippen LogP contribution < -0.4 is 4.74 Å². The molecular formula is C21H32O. The summed E-state index contributed by atoms with van der Waals surface area (Å²) in [5, 5.41) is 0. The highest BCUT2D eigenvalue weighted by Gasteiger charge is 2.34. The van der Waals surface area contributed by atoms with E-state index in [4.69, 9.17) is 4.74 Å². The van der Waals surface area contributed by atoms with E-state index in [1.54, 1.807) is 0 Å². The predicted molar refractivity (Wildman–Crippen MR) is 97.4 cm³/mol. The first-order valence-corrected chi connectivity index (χ1v) is 8.96. The summed E-state index contributed by atoms with van der Waals surface area (Å²) < 4.78 is 5.83. The smallest absolute Gasteiger partial charge is 0.119 e. The minimum absolute atomic E-state index is 0.701. The average Bonchev–Trinajstić information content (AvgIpc) is 3.37. The molecule has 22 heavy (non-hydrogen) atoms. The lowest BCUT2D eigenvalue weighted by molar-refractivity contribution is 0.354. The minimum atomic E-state index is 0.701. The Kier molecular flexibility index (Phi) is 8.65. The molecule has 1 nitrogen and oxygen atoms in total. The third kappa shape index (κ3) is 5.71. The van der Waals surface area contributed by atoms with Gasteiger partial charge < -0.3 is 4.74 Å². The molecule has 122 valence electrons. The van der Waals surface area contributed by atoms with Gasteiger partial charge in [0.1, 0.15) is 12.4 Å². The van der Waals surface area contributed by atoms with Gasteiger partial charge in [-0.25, -0.2) is 0 Å². The largest absolute Gasteiger partial charge is 0.489 e. The van der Waals surface area contributed by atoms with Crippen LogP contribution >= 0.6 is 0 Å². The molecule has 3 rings (SSSR count). The standard InChI is InChI=1S/C17H20O.2C2H6/c1-2-3-13-5-8-17(9-6-13)18-12-14-4-7-15-11-16(15)10-14;2*1-2/h4-10,15-16H,2-3,11-12H2,1H3;2*1-2H3. The fourth-order valence-electron chi connectivity index (χ4n) is 2.53. The predicted octanol–water partition coefficient (Wildman–Crippen LogP) is 6.20. The zero-order valence-corrected chi connectivity index (χ0v) is 14.9. The van der Waals surface area contributed by atoms with Gasteiger partial charge >= 0.3 is 0 Å². The first kappa shape index (κ1) is 18.5. The number of hydrogen-bond donors (Lipinski definition) is 0. The Bertz CT molecular complexity index is 467. The van der Waals surface area contributed by atoms with Crippen LogP contribution in [0.5, 0.6) is 5.75 Å². The number of benzene rings is 1. The molecule has 0 radical (unpaired) electrons. The number of rotatable bonds is 5. The molecule has 1 heteroatoms. The van der Waals surface area contributed by atoms with E-state index in [9.17, 15) is 0 Å². The summed E-state index contributed by atoms with van der Waals surface area (Å²) in [5.74, 6) is 2.62. The summed E-state index contributed by atoms with van der Waals surface area (Å²) in [6.45, 7) is 10.9. The van der Waals surface area contributed by atoms with Crippen LogP contribution in [0.15, 0.2) is 48.1 Å². The van der Waals surface area contributed by atoms with Crippen LogP contribution in [-0.4, -0.2) is 6.61 Å². The Hall–Kier alpha value is -1.50. The number of allylic oxidation sites excluding steroid dienone is 2. The molecule has 1 aromatic rings. The number of aryl methyl sites for hydroxylation is 1. The van der Waals surface area contributed by atoms with Gasteiger partial charge in [0, 0.05) is 0 Å². The van der Waals surface area contributed by atoms with Crippen molar-refractivity contribution >= 4 is 0 Å². The second-order valence-electron chi connectivity index (χ2n) is 5.35. The molecule has 2 unspecified atom stereocenters. The van der Waals surface area contributed by atoms with Crippen LogP contribution in [0, 0.1) is 11.8 Å². The molecular weight excluding hydrogens is 268 g/mol. The maximum atomic E-state index is 5.83. The SMILES string of the molecule is CC.CC.CCCc1ccc(OCC2=CC3CC3C=C2)cc1. The Balaban J connectivity index is 0.000000561. The molecule has 0 spiro atoms. The fourth-order valence-corrected chi connectivity index (χ4v) is 2.53. The van der Waals surface area contributed by atoms with E-state index in [2.05, 4.69) is 49.4 Å². The summed E-state index contributed by atoms with van der Waals surface area (Å²) in [6.07, 6.45) is 10.6. The Morgan fingerprint density at radius 3 is 2.27 bits per heavy atom. The van der Waals surface area contributed by atoms with E-state index >= 15 is 0 Å². The molecule has 0 bridgehead atoms. The van der Waals surface area contributed by atoms with E-state index in [1.807, 2.05) is 27.7 Å². The Labute approximate surface area is 137 Å². The number of ether oxygens (including phenoxy) is 1. The lowest BCUT2D eigenvalue weighted by atomic mass is 10.1. The van der Waals surface area contributed by atoms with E-state index < -0.39 is 0 Å². The van der Waals surface area contributed by atoms with Gasteiger partial charge in [-0.05, 0) is 47.9 Å². The van der Waals surface area contributed by atoms with Crippen molar-refractivity contribution in [3.05, 3.63) is 53.6 Å². The van der Waals surface area contributed by atoms with Gasteiger partial charge in [-0.15, -0.1) is 0 Å². The fraction of sp³-hybridized carbons (Fsp3) is 0.524. The Morgan fingerprint density at radius 1 is 1.00 bits per heavy atom. The third-order valence-electron chi connectivity index (χ3n) is 3.74. The van der Waals surface area contributed by atoms with Gasteiger partial charge in [-0.2, -0.15) is 0 Å². The van der Waals surface area contributed by atoms with Crippen molar-refractivity contribution in [2.24, 2.45) is 11.8 Å². The van der Waals surface area contributed by atoms with Crippen LogP contribution in [0.3, 0.4) is 0 Å². The first-order valence-electron chi connectivity index (χ1n) is 8.96. The minimum Gasteiger partial charge on any atom is -0.489 e. The average molecular weight is 300 g/mol. The van der Waals surface area contributed by atoms with Crippen molar-refractivity contribution in [1.29, 1.82) is 0 Å². The quantitative estimate of drug-likeness (QED) is 0.628. The summed E-state index contributed by atoms with van der Waals surface area (Å²) in [7, 11) is 0. The highest BCUT2D eigenvalue weighted by atomic mass is 16.5. The van der Waals surface area contributed by atoms with Crippen molar-refractivity contribution in [2.45, 2.75) is 53.9 Å². The first-order chi connectivity index (χ1) is 10.8. The molecule has 2 atom stereocenters. The lowest BCUT2D eigenvalue weighted by Crippen LogP contribution is -2.02. The van der Waals surface area contributed by atoms with Gasteiger partial charge in [-0.3, -0.25) is 0 Å². The summed E-state index contributed by atoms with van der Waals surface area (Å²) >= 11 is 0. The zero-order chi connectivity index (χ0) is 16.4. The van der Waals surface area contributed by atoms with Crippen molar-refractivity contribution in [3.63, 3.8) is 0 Å².